The molecule has 0 fully saturated rings. The largest absolute Gasteiger partial charge is 0.403 e. The predicted octanol–water partition coefficient (Wildman–Crippen LogP) is 3.53. The van der Waals surface area contributed by atoms with E-state index in [0.717, 1.165) is 5.69 Å². The zero-order valence-electron chi connectivity index (χ0n) is 10.0. The molecule has 0 amide bonds. The maximum absolute atomic E-state index is 12.0. The average Bonchev–Trinajstić information content (AvgIpc) is 2.82. The Morgan fingerprint density at radius 1 is 1.37 bits per heavy atom. The lowest BCUT2D eigenvalue weighted by atomic mass is 10.2. The van der Waals surface area contributed by atoms with E-state index in [0.29, 0.717) is 27.2 Å². The second-order valence-electron chi connectivity index (χ2n) is 3.95. The Kier molecular flexibility index (Phi) is 3.08. The molecule has 0 radical (unpaired) electrons. The Hall–Kier alpha value is -1.72. The van der Waals surface area contributed by atoms with E-state index in [9.17, 15) is 4.79 Å². The van der Waals surface area contributed by atoms with Crippen molar-refractivity contribution in [2.75, 3.05) is 0 Å². The zero-order valence-corrected chi connectivity index (χ0v) is 11.6. The van der Waals surface area contributed by atoms with Crippen molar-refractivity contribution in [1.29, 1.82) is 0 Å². The highest BCUT2D eigenvalue weighted by Gasteiger charge is 2.15. The maximum Gasteiger partial charge on any atom is 0.349 e. The van der Waals surface area contributed by atoms with Crippen molar-refractivity contribution >= 4 is 33.4 Å². The topological polar surface area (TPSA) is 56.0 Å². The van der Waals surface area contributed by atoms with Gasteiger partial charge in [0.05, 0.1) is 16.3 Å². The van der Waals surface area contributed by atoms with E-state index in [1.165, 1.54) is 11.5 Å². The second kappa shape index (κ2) is 4.75. The highest BCUT2D eigenvalue weighted by atomic mass is 35.5. The van der Waals surface area contributed by atoms with Gasteiger partial charge in [-0.2, -0.15) is 9.36 Å². The van der Waals surface area contributed by atoms with Gasteiger partial charge in [0, 0.05) is 0 Å². The minimum absolute atomic E-state index is 0.231. The Bertz CT molecular complexity index is 810. The molecule has 1 aromatic carbocycles. The Morgan fingerprint density at radius 3 is 2.89 bits per heavy atom. The molecule has 4 nitrogen and oxygen atoms in total. The van der Waals surface area contributed by atoms with Crippen molar-refractivity contribution in [2.45, 2.75) is 13.3 Å². The van der Waals surface area contributed by atoms with Crippen molar-refractivity contribution < 1.29 is 4.42 Å². The molecular weight excluding hydrogens is 284 g/mol. The van der Waals surface area contributed by atoms with E-state index in [1.54, 1.807) is 12.1 Å². The summed E-state index contributed by atoms with van der Waals surface area (Å²) >= 11 is 7.28. The molecule has 0 atom stereocenters. The smallest absolute Gasteiger partial charge is 0.349 e. The summed E-state index contributed by atoms with van der Waals surface area (Å²) in [5.74, 6) is 0.231. The first-order chi connectivity index (χ1) is 9.20. The third-order valence-electron chi connectivity index (χ3n) is 2.78. The van der Waals surface area contributed by atoms with Crippen LogP contribution in [0.25, 0.3) is 21.7 Å². The van der Waals surface area contributed by atoms with Crippen molar-refractivity contribution in [1.82, 2.24) is 9.36 Å². The Balaban J connectivity index is 2.28. The van der Waals surface area contributed by atoms with E-state index < -0.39 is 5.63 Å². The highest BCUT2D eigenvalue weighted by Crippen LogP contribution is 2.27. The molecule has 0 spiro atoms. The predicted molar refractivity (Wildman–Crippen MR) is 75.8 cm³/mol. The van der Waals surface area contributed by atoms with Gasteiger partial charge in [-0.3, -0.25) is 0 Å². The van der Waals surface area contributed by atoms with Gasteiger partial charge >= 0.3 is 5.63 Å². The molecule has 0 saturated heterocycles. The summed E-state index contributed by atoms with van der Waals surface area (Å²) in [6, 6.07) is 7.12. The standard InChI is InChI=1S/C13H9ClN2O2S/c1-2-9-10-12(19-16-9)15-11(18-13(10)17)7-5-3-4-6-8(7)14/h3-6H,2H2,1H3. The van der Waals surface area contributed by atoms with Gasteiger partial charge in [0.1, 0.15) is 5.39 Å². The van der Waals surface area contributed by atoms with Crippen LogP contribution in [0.5, 0.6) is 0 Å². The van der Waals surface area contributed by atoms with Gasteiger partial charge in [0.25, 0.3) is 0 Å². The van der Waals surface area contributed by atoms with E-state index >= 15 is 0 Å². The van der Waals surface area contributed by atoms with Crippen LogP contribution < -0.4 is 5.63 Å². The van der Waals surface area contributed by atoms with Crippen LogP contribution in [0.4, 0.5) is 0 Å². The minimum atomic E-state index is -0.412. The number of halogens is 1. The van der Waals surface area contributed by atoms with Crippen molar-refractivity contribution in [3.05, 3.63) is 45.4 Å². The average molecular weight is 293 g/mol. The second-order valence-corrected chi connectivity index (χ2v) is 5.11. The summed E-state index contributed by atoms with van der Waals surface area (Å²) in [7, 11) is 0. The molecule has 0 saturated carbocycles. The van der Waals surface area contributed by atoms with E-state index in [4.69, 9.17) is 16.0 Å². The first-order valence-electron chi connectivity index (χ1n) is 5.75. The van der Waals surface area contributed by atoms with Gasteiger partial charge in [-0.25, -0.2) is 4.79 Å². The summed E-state index contributed by atoms with van der Waals surface area (Å²) < 4.78 is 9.49. The molecule has 3 rings (SSSR count). The Labute approximate surface area is 117 Å². The van der Waals surface area contributed by atoms with Gasteiger partial charge in [-0.05, 0) is 30.1 Å². The molecule has 0 unspecified atom stereocenters. The van der Waals surface area contributed by atoms with E-state index in [2.05, 4.69) is 9.36 Å². The van der Waals surface area contributed by atoms with Crippen LogP contribution in [0, 0.1) is 0 Å². The van der Waals surface area contributed by atoms with Gasteiger partial charge in [0.2, 0.25) is 5.89 Å². The van der Waals surface area contributed by atoms with Crippen molar-refractivity contribution in [3.63, 3.8) is 0 Å². The number of fused-ring (bicyclic) bond motifs is 1. The molecule has 2 heterocycles. The molecule has 6 heteroatoms. The molecule has 19 heavy (non-hydrogen) atoms. The fourth-order valence-corrected chi connectivity index (χ4v) is 2.89. The number of aryl methyl sites for hydroxylation is 1. The van der Waals surface area contributed by atoms with Crippen LogP contribution in [-0.4, -0.2) is 9.36 Å². The fraction of sp³-hybridized carbons (Fsp3) is 0.154. The number of nitrogens with zero attached hydrogens (tertiary/aromatic N) is 2. The number of aromatic nitrogens is 2. The lowest BCUT2D eigenvalue weighted by molar-refractivity contribution is 0.518. The monoisotopic (exact) mass is 292 g/mol. The number of benzene rings is 1. The highest BCUT2D eigenvalue weighted by molar-refractivity contribution is 7.12. The first-order valence-corrected chi connectivity index (χ1v) is 6.90. The van der Waals surface area contributed by atoms with Crippen molar-refractivity contribution in [2.24, 2.45) is 0 Å². The third kappa shape index (κ3) is 2.05. The summed E-state index contributed by atoms with van der Waals surface area (Å²) in [6.07, 6.45) is 0.678. The SMILES string of the molecule is CCc1nsc2nc(-c3ccccc3Cl)oc(=O)c12. The van der Waals surface area contributed by atoms with E-state index in [-0.39, 0.29) is 5.89 Å². The molecule has 0 bridgehead atoms. The molecular formula is C13H9ClN2O2S. The molecule has 96 valence electrons. The molecule has 3 aromatic rings. The van der Waals surface area contributed by atoms with Gasteiger partial charge in [-0.1, -0.05) is 30.7 Å². The minimum Gasteiger partial charge on any atom is -0.403 e. The van der Waals surface area contributed by atoms with Crippen LogP contribution in [0.2, 0.25) is 5.02 Å². The van der Waals surface area contributed by atoms with Gasteiger partial charge < -0.3 is 4.42 Å². The normalized spacial score (nSPS) is 11.1. The van der Waals surface area contributed by atoms with Crippen LogP contribution in [0.15, 0.2) is 33.5 Å². The first kappa shape index (κ1) is 12.3. The summed E-state index contributed by atoms with van der Waals surface area (Å²) in [5.41, 5.74) is 0.923. The molecule has 0 aliphatic rings. The molecule has 0 aliphatic heterocycles. The summed E-state index contributed by atoms with van der Waals surface area (Å²) in [5, 5.41) is 0.973. The lowest BCUT2D eigenvalue weighted by Crippen LogP contribution is -2.03. The number of rotatable bonds is 2. The number of hydrogen-bond donors (Lipinski definition) is 0. The van der Waals surface area contributed by atoms with Crippen molar-refractivity contribution in [3.8, 4) is 11.5 Å². The Morgan fingerprint density at radius 2 is 2.16 bits per heavy atom. The third-order valence-corrected chi connectivity index (χ3v) is 3.89. The van der Waals surface area contributed by atoms with Crippen LogP contribution in [0.3, 0.4) is 0 Å². The van der Waals surface area contributed by atoms with Crippen LogP contribution in [-0.2, 0) is 6.42 Å². The van der Waals surface area contributed by atoms with Gasteiger partial charge in [0.15, 0.2) is 4.83 Å². The summed E-state index contributed by atoms with van der Waals surface area (Å²) in [6.45, 7) is 1.94. The zero-order chi connectivity index (χ0) is 13.4. The lowest BCUT2D eigenvalue weighted by Gasteiger charge is -2.01. The number of hydrogen-bond acceptors (Lipinski definition) is 5. The fourth-order valence-electron chi connectivity index (χ4n) is 1.84. The van der Waals surface area contributed by atoms with Crippen LogP contribution in [0.1, 0.15) is 12.6 Å². The molecule has 0 N–H and O–H groups in total. The van der Waals surface area contributed by atoms with Crippen LogP contribution >= 0.6 is 23.1 Å². The quantitative estimate of drug-likeness (QED) is 0.725. The molecule has 0 aliphatic carbocycles. The summed E-state index contributed by atoms with van der Waals surface area (Å²) in [4.78, 5) is 17.0. The van der Waals surface area contributed by atoms with E-state index in [1.807, 2.05) is 19.1 Å². The maximum atomic E-state index is 12.0. The van der Waals surface area contributed by atoms with Gasteiger partial charge in [-0.15, -0.1) is 0 Å². The molecule has 2 aromatic heterocycles.